The number of hydrogen-bond donors (Lipinski definition) is 3. The second-order valence-corrected chi connectivity index (χ2v) is 5.60. The Morgan fingerprint density at radius 3 is 2.00 bits per heavy atom. The normalized spacial score (nSPS) is 11.2. The van der Waals surface area contributed by atoms with Gasteiger partial charge in [0.25, 0.3) is 0 Å². The number of nitrogens with one attached hydrogen (secondary N) is 3. The zero-order valence-electron chi connectivity index (χ0n) is 13.4. The van der Waals surface area contributed by atoms with Crippen LogP contribution in [0.15, 0.2) is 33.8 Å². The van der Waals surface area contributed by atoms with Crippen LogP contribution in [0.3, 0.4) is 0 Å². The van der Waals surface area contributed by atoms with Crippen LogP contribution < -0.4 is 16.1 Å². The van der Waals surface area contributed by atoms with Crippen molar-refractivity contribution < 1.29 is 0 Å². The van der Waals surface area contributed by atoms with Crippen molar-refractivity contribution in [3.63, 3.8) is 0 Å². The van der Waals surface area contributed by atoms with Crippen molar-refractivity contribution in [2.24, 2.45) is 5.10 Å². The molecule has 0 aliphatic rings. The van der Waals surface area contributed by atoms with Gasteiger partial charge in [0, 0.05) is 17.6 Å². The summed E-state index contributed by atoms with van der Waals surface area (Å²) in [7, 11) is 0. The first kappa shape index (κ1) is 17.1. The van der Waals surface area contributed by atoms with E-state index in [1.54, 1.807) is 0 Å². The minimum Gasteiger partial charge on any atom is -0.354 e. The Kier molecular flexibility index (Phi) is 6.28. The zero-order chi connectivity index (χ0) is 16.7. The number of halogens is 1. The molecule has 0 fully saturated rings. The monoisotopic (exact) mass is 377 g/mol. The number of rotatable bonds is 7. The fourth-order valence-electron chi connectivity index (χ4n) is 1.79. The number of hydrazone groups is 1. The van der Waals surface area contributed by atoms with Crippen molar-refractivity contribution in [3.8, 4) is 0 Å². The van der Waals surface area contributed by atoms with Gasteiger partial charge in [-0.3, -0.25) is 0 Å². The van der Waals surface area contributed by atoms with Crippen LogP contribution in [-0.4, -0.2) is 33.8 Å². The number of hydrogen-bond acceptors (Lipinski definition) is 7. The summed E-state index contributed by atoms with van der Waals surface area (Å²) in [4.78, 5) is 12.8. The summed E-state index contributed by atoms with van der Waals surface area (Å²) in [5.74, 6) is 1.42. The van der Waals surface area contributed by atoms with Crippen LogP contribution >= 0.6 is 15.9 Å². The molecule has 1 aromatic heterocycles. The average Bonchev–Trinajstić information content (AvgIpc) is 2.54. The molecule has 0 unspecified atom stereocenters. The highest BCUT2D eigenvalue weighted by Crippen LogP contribution is 2.12. The standard InChI is InChI=1S/C15H20BrN7/c1-4-17-13-19-14(18-5-2)21-15(20-13)23-22-10(3)11-6-8-12(16)9-7-11/h6-9H,4-5H2,1-3H3,(H3,17,18,19,20,21,23)/b22-10+. The molecule has 0 saturated heterocycles. The summed E-state index contributed by atoms with van der Waals surface area (Å²) < 4.78 is 1.03. The largest absolute Gasteiger partial charge is 0.354 e. The minimum absolute atomic E-state index is 0.392. The summed E-state index contributed by atoms with van der Waals surface area (Å²) >= 11 is 3.42. The van der Waals surface area contributed by atoms with Crippen LogP contribution in [0, 0.1) is 0 Å². The van der Waals surface area contributed by atoms with Crippen molar-refractivity contribution in [3.05, 3.63) is 34.3 Å². The van der Waals surface area contributed by atoms with Gasteiger partial charge in [-0.15, -0.1) is 0 Å². The Labute approximate surface area is 144 Å². The van der Waals surface area contributed by atoms with Crippen LogP contribution in [0.4, 0.5) is 17.8 Å². The number of aromatic nitrogens is 3. The zero-order valence-corrected chi connectivity index (χ0v) is 15.0. The first-order valence-electron chi connectivity index (χ1n) is 7.42. The van der Waals surface area contributed by atoms with Crippen LogP contribution in [0.1, 0.15) is 26.3 Å². The molecule has 2 aromatic rings. The molecule has 0 radical (unpaired) electrons. The smallest absolute Gasteiger partial charge is 0.250 e. The Morgan fingerprint density at radius 2 is 1.48 bits per heavy atom. The first-order chi connectivity index (χ1) is 11.1. The van der Waals surface area contributed by atoms with Gasteiger partial charge in [-0.1, -0.05) is 28.1 Å². The average molecular weight is 378 g/mol. The third-order valence-corrected chi connectivity index (χ3v) is 3.42. The quantitative estimate of drug-likeness (QED) is 0.506. The predicted molar refractivity (Wildman–Crippen MR) is 98.1 cm³/mol. The predicted octanol–water partition coefficient (Wildman–Crippen LogP) is 3.33. The molecule has 7 nitrogen and oxygen atoms in total. The summed E-state index contributed by atoms with van der Waals surface area (Å²) in [6, 6.07) is 7.94. The van der Waals surface area contributed by atoms with Crippen molar-refractivity contribution in [2.75, 3.05) is 29.1 Å². The molecule has 0 spiro atoms. The summed E-state index contributed by atoms with van der Waals surface area (Å²) in [6.07, 6.45) is 0. The van der Waals surface area contributed by atoms with E-state index in [1.165, 1.54) is 0 Å². The maximum atomic E-state index is 4.34. The summed E-state index contributed by atoms with van der Waals surface area (Å²) in [5.41, 5.74) is 4.75. The lowest BCUT2D eigenvalue weighted by Gasteiger charge is -2.08. The van der Waals surface area contributed by atoms with Gasteiger partial charge in [0.1, 0.15) is 0 Å². The fourth-order valence-corrected chi connectivity index (χ4v) is 2.05. The van der Waals surface area contributed by atoms with E-state index < -0.39 is 0 Å². The van der Waals surface area contributed by atoms with Crippen molar-refractivity contribution in [1.29, 1.82) is 0 Å². The SMILES string of the molecule is CCNc1nc(NCC)nc(N/N=C(\C)c2ccc(Br)cc2)n1. The van der Waals surface area contributed by atoms with E-state index in [0.717, 1.165) is 28.8 Å². The van der Waals surface area contributed by atoms with Crippen molar-refractivity contribution >= 4 is 39.5 Å². The molecule has 0 saturated carbocycles. The van der Waals surface area contributed by atoms with Gasteiger partial charge in [0.05, 0.1) is 5.71 Å². The molecular weight excluding hydrogens is 358 g/mol. The molecular formula is C15H20BrN7. The van der Waals surface area contributed by atoms with Gasteiger partial charge in [0.15, 0.2) is 0 Å². The lowest BCUT2D eigenvalue weighted by Crippen LogP contribution is -2.11. The molecule has 8 heteroatoms. The van der Waals surface area contributed by atoms with Gasteiger partial charge >= 0.3 is 0 Å². The topological polar surface area (TPSA) is 87.1 Å². The first-order valence-corrected chi connectivity index (χ1v) is 8.21. The van der Waals surface area contributed by atoms with Crippen LogP contribution in [0.5, 0.6) is 0 Å². The van der Waals surface area contributed by atoms with E-state index in [-0.39, 0.29) is 0 Å². The van der Waals surface area contributed by atoms with Gasteiger partial charge in [-0.2, -0.15) is 20.1 Å². The molecule has 0 bridgehead atoms. The van der Waals surface area contributed by atoms with E-state index in [1.807, 2.05) is 45.0 Å². The van der Waals surface area contributed by atoms with E-state index >= 15 is 0 Å². The van der Waals surface area contributed by atoms with Gasteiger partial charge in [-0.25, -0.2) is 5.43 Å². The Bertz CT molecular complexity index is 646. The highest BCUT2D eigenvalue weighted by molar-refractivity contribution is 9.10. The van der Waals surface area contributed by atoms with E-state index in [0.29, 0.717) is 17.8 Å². The van der Waals surface area contributed by atoms with E-state index in [4.69, 9.17) is 0 Å². The lowest BCUT2D eigenvalue weighted by atomic mass is 10.1. The Morgan fingerprint density at radius 1 is 0.957 bits per heavy atom. The molecule has 1 aromatic carbocycles. The molecule has 23 heavy (non-hydrogen) atoms. The molecule has 122 valence electrons. The highest BCUT2D eigenvalue weighted by atomic mass is 79.9. The fraction of sp³-hybridized carbons (Fsp3) is 0.333. The second kappa shape index (κ2) is 8.42. The van der Waals surface area contributed by atoms with E-state index in [9.17, 15) is 0 Å². The lowest BCUT2D eigenvalue weighted by molar-refractivity contribution is 0.991. The molecule has 0 aliphatic heterocycles. The van der Waals surface area contributed by atoms with Crippen LogP contribution in [0.2, 0.25) is 0 Å². The Balaban J connectivity index is 2.17. The van der Waals surface area contributed by atoms with Crippen molar-refractivity contribution in [1.82, 2.24) is 15.0 Å². The molecule has 3 N–H and O–H groups in total. The van der Waals surface area contributed by atoms with Crippen LogP contribution in [0.25, 0.3) is 0 Å². The molecule has 0 atom stereocenters. The number of nitrogens with zero attached hydrogens (tertiary/aromatic N) is 4. The van der Waals surface area contributed by atoms with Gasteiger partial charge in [-0.05, 0) is 38.5 Å². The summed E-state index contributed by atoms with van der Waals surface area (Å²) in [6.45, 7) is 7.36. The minimum atomic E-state index is 0.392. The molecule has 2 rings (SSSR count). The maximum absolute atomic E-state index is 4.34. The second-order valence-electron chi connectivity index (χ2n) is 4.68. The summed E-state index contributed by atoms with van der Waals surface area (Å²) in [5, 5.41) is 10.5. The number of anilines is 3. The van der Waals surface area contributed by atoms with Gasteiger partial charge < -0.3 is 10.6 Å². The maximum Gasteiger partial charge on any atom is 0.250 e. The Hall–Kier alpha value is -2.22. The third-order valence-electron chi connectivity index (χ3n) is 2.89. The third kappa shape index (κ3) is 5.17. The van der Waals surface area contributed by atoms with Crippen molar-refractivity contribution in [2.45, 2.75) is 20.8 Å². The van der Waals surface area contributed by atoms with Gasteiger partial charge in [0.2, 0.25) is 17.8 Å². The molecule has 0 amide bonds. The highest BCUT2D eigenvalue weighted by Gasteiger charge is 2.05. The van der Waals surface area contributed by atoms with E-state index in [2.05, 4.69) is 52.0 Å². The molecule has 0 aliphatic carbocycles. The van der Waals surface area contributed by atoms with Crippen LogP contribution in [-0.2, 0) is 0 Å². The number of benzene rings is 1. The molecule has 1 heterocycles.